The highest BCUT2D eigenvalue weighted by Gasteiger charge is 2.21. The molecule has 1 amide bonds. The molecule has 6 heteroatoms. The summed E-state index contributed by atoms with van der Waals surface area (Å²) in [7, 11) is 0. The van der Waals surface area contributed by atoms with Crippen molar-refractivity contribution in [2.75, 3.05) is 23.3 Å². The van der Waals surface area contributed by atoms with Gasteiger partial charge in [-0.2, -0.15) is 5.10 Å². The molecule has 1 saturated heterocycles. The fourth-order valence-corrected chi connectivity index (χ4v) is 3.39. The van der Waals surface area contributed by atoms with E-state index in [1.54, 1.807) is 6.20 Å². The van der Waals surface area contributed by atoms with Crippen LogP contribution in [0.15, 0.2) is 35.3 Å². The van der Waals surface area contributed by atoms with Crippen molar-refractivity contribution in [3.63, 3.8) is 0 Å². The van der Waals surface area contributed by atoms with Gasteiger partial charge in [0.2, 0.25) is 5.91 Å². The average Bonchev–Trinajstić information content (AvgIpc) is 2.65. The molecule has 0 saturated carbocycles. The number of carbonyl (C=O) groups is 1. The number of aryl methyl sites for hydroxylation is 2. The lowest BCUT2D eigenvalue weighted by Crippen LogP contribution is -2.37. The van der Waals surface area contributed by atoms with Gasteiger partial charge in [0.05, 0.1) is 18.3 Å². The predicted molar refractivity (Wildman–Crippen MR) is 104 cm³/mol. The summed E-state index contributed by atoms with van der Waals surface area (Å²) < 4.78 is 1.45. The normalized spacial score (nSPS) is 14.3. The van der Waals surface area contributed by atoms with Gasteiger partial charge in [0.25, 0.3) is 5.56 Å². The minimum Gasteiger partial charge on any atom is -0.365 e. The zero-order valence-electron chi connectivity index (χ0n) is 15.5. The van der Waals surface area contributed by atoms with Gasteiger partial charge in [-0.3, -0.25) is 9.59 Å². The standard InChI is InChI=1S/C20H26N4O2/c1-3-24-20(26)19(23-11-7-4-8-12-23)17(14-21-24)22-18(25)13-16-10-6-5-9-15(16)2/h5-6,9-10,14H,3-4,7-8,11-13H2,1-2H3,(H,22,25). The van der Waals surface area contributed by atoms with E-state index in [1.165, 1.54) is 11.1 Å². The Morgan fingerprint density at radius 1 is 1.19 bits per heavy atom. The summed E-state index contributed by atoms with van der Waals surface area (Å²) in [6.07, 6.45) is 5.18. The van der Waals surface area contributed by atoms with Gasteiger partial charge >= 0.3 is 0 Å². The van der Waals surface area contributed by atoms with Crippen LogP contribution in [0.25, 0.3) is 0 Å². The van der Waals surface area contributed by atoms with E-state index in [0.717, 1.165) is 37.1 Å². The predicted octanol–water partition coefficient (Wildman–Crippen LogP) is 2.74. The zero-order chi connectivity index (χ0) is 18.5. The highest BCUT2D eigenvalue weighted by atomic mass is 16.2. The van der Waals surface area contributed by atoms with Crippen LogP contribution in [0.1, 0.15) is 37.3 Å². The van der Waals surface area contributed by atoms with Crippen molar-refractivity contribution < 1.29 is 4.79 Å². The summed E-state index contributed by atoms with van der Waals surface area (Å²) in [6.45, 7) is 6.07. The van der Waals surface area contributed by atoms with Crippen LogP contribution in [-0.4, -0.2) is 28.8 Å². The van der Waals surface area contributed by atoms with Gasteiger partial charge in [0, 0.05) is 19.6 Å². The lowest BCUT2D eigenvalue weighted by atomic mass is 10.1. The van der Waals surface area contributed by atoms with Crippen molar-refractivity contribution in [3.05, 3.63) is 51.9 Å². The van der Waals surface area contributed by atoms with Crippen LogP contribution in [0, 0.1) is 6.92 Å². The van der Waals surface area contributed by atoms with Crippen LogP contribution in [-0.2, 0) is 17.8 Å². The Balaban J connectivity index is 1.86. The Kier molecular flexibility index (Phi) is 5.71. The molecule has 6 nitrogen and oxygen atoms in total. The van der Waals surface area contributed by atoms with Gasteiger partial charge in [0.1, 0.15) is 5.69 Å². The summed E-state index contributed by atoms with van der Waals surface area (Å²) >= 11 is 0. The van der Waals surface area contributed by atoms with E-state index in [2.05, 4.69) is 15.3 Å². The molecule has 2 heterocycles. The van der Waals surface area contributed by atoms with Crippen LogP contribution < -0.4 is 15.8 Å². The molecule has 26 heavy (non-hydrogen) atoms. The molecule has 0 aliphatic carbocycles. The Morgan fingerprint density at radius 3 is 2.62 bits per heavy atom. The van der Waals surface area contributed by atoms with Crippen LogP contribution in [0.2, 0.25) is 0 Å². The molecular formula is C20H26N4O2. The van der Waals surface area contributed by atoms with Gasteiger partial charge in [-0.25, -0.2) is 4.68 Å². The summed E-state index contributed by atoms with van der Waals surface area (Å²) in [5.74, 6) is -0.131. The van der Waals surface area contributed by atoms with Crippen molar-refractivity contribution in [2.45, 2.75) is 46.1 Å². The molecule has 0 bridgehead atoms. The van der Waals surface area contributed by atoms with Gasteiger partial charge < -0.3 is 10.2 Å². The van der Waals surface area contributed by atoms with E-state index >= 15 is 0 Å². The lowest BCUT2D eigenvalue weighted by molar-refractivity contribution is -0.115. The van der Waals surface area contributed by atoms with E-state index in [9.17, 15) is 9.59 Å². The first kappa shape index (κ1) is 18.2. The lowest BCUT2D eigenvalue weighted by Gasteiger charge is -2.30. The average molecular weight is 354 g/mol. The number of piperidine rings is 1. The van der Waals surface area contributed by atoms with Gasteiger partial charge in [0.15, 0.2) is 0 Å². The first-order chi connectivity index (χ1) is 12.6. The quantitative estimate of drug-likeness (QED) is 0.896. The number of amides is 1. The molecule has 1 aromatic heterocycles. The van der Waals surface area contributed by atoms with Crippen molar-refractivity contribution in [1.29, 1.82) is 0 Å². The maximum Gasteiger partial charge on any atom is 0.292 e. The molecule has 0 unspecified atom stereocenters. The maximum atomic E-state index is 12.8. The van der Waals surface area contributed by atoms with Gasteiger partial charge in [-0.05, 0) is 44.2 Å². The third-order valence-corrected chi connectivity index (χ3v) is 4.88. The van der Waals surface area contributed by atoms with E-state index < -0.39 is 0 Å². The SMILES string of the molecule is CCn1ncc(NC(=O)Cc2ccccc2C)c(N2CCCCC2)c1=O. The van der Waals surface area contributed by atoms with E-state index in [4.69, 9.17) is 0 Å². The largest absolute Gasteiger partial charge is 0.365 e. The van der Waals surface area contributed by atoms with Crippen LogP contribution in [0.3, 0.4) is 0 Å². The van der Waals surface area contributed by atoms with E-state index in [1.807, 2.05) is 38.1 Å². The number of anilines is 2. The Labute approximate surface area is 153 Å². The molecule has 0 radical (unpaired) electrons. The molecular weight excluding hydrogens is 328 g/mol. The number of hydrogen-bond donors (Lipinski definition) is 1. The van der Waals surface area contributed by atoms with Gasteiger partial charge in [-0.15, -0.1) is 0 Å². The summed E-state index contributed by atoms with van der Waals surface area (Å²) in [4.78, 5) is 27.5. The molecule has 1 N–H and O–H groups in total. The highest BCUT2D eigenvalue weighted by molar-refractivity contribution is 5.95. The maximum absolute atomic E-state index is 12.8. The number of aromatic nitrogens is 2. The highest BCUT2D eigenvalue weighted by Crippen LogP contribution is 2.24. The fraction of sp³-hybridized carbons (Fsp3) is 0.450. The van der Waals surface area contributed by atoms with Gasteiger partial charge in [-0.1, -0.05) is 24.3 Å². The van der Waals surface area contributed by atoms with Crippen molar-refractivity contribution >= 4 is 17.3 Å². The number of nitrogens with one attached hydrogen (secondary N) is 1. The van der Waals surface area contributed by atoms with Crippen LogP contribution in [0.5, 0.6) is 0 Å². The second kappa shape index (κ2) is 8.17. The summed E-state index contributed by atoms with van der Waals surface area (Å²) in [5.41, 5.74) is 3.01. The minimum atomic E-state index is -0.136. The fourth-order valence-electron chi connectivity index (χ4n) is 3.39. The molecule has 1 aliphatic heterocycles. The molecule has 3 rings (SSSR count). The third-order valence-electron chi connectivity index (χ3n) is 4.88. The Hall–Kier alpha value is -2.63. The third kappa shape index (κ3) is 3.95. The number of hydrogen-bond acceptors (Lipinski definition) is 4. The number of rotatable bonds is 5. The first-order valence-electron chi connectivity index (χ1n) is 9.29. The number of carbonyl (C=O) groups excluding carboxylic acids is 1. The monoisotopic (exact) mass is 354 g/mol. The van der Waals surface area contributed by atoms with Crippen molar-refractivity contribution in [3.8, 4) is 0 Å². The van der Waals surface area contributed by atoms with Crippen molar-refractivity contribution in [2.24, 2.45) is 0 Å². The molecule has 1 aliphatic rings. The Morgan fingerprint density at radius 2 is 1.92 bits per heavy atom. The topological polar surface area (TPSA) is 67.2 Å². The number of nitrogens with zero attached hydrogens (tertiary/aromatic N) is 3. The molecule has 1 fully saturated rings. The molecule has 2 aromatic rings. The smallest absolute Gasteiger partial charge is 0.292 e. The summed E-state index contributed by atoms with van der Waals surface area (Å²) in [5, 5.41) is 7.11. The summed E-state index contributed by atoms with van der Waals surface area (Å²) in [6, 6.07) is 7.83. The zero-order valence-corrected chi connectivity index (χ0v) is 15.5. The second-order valence-electron chi connectivity index (χ2n) is 6.73. The second-order valence-corrected chi connectivity index (χ2v) is 6.73. The Bertz CT molecular complexity index is 838. The van der Waals surface area contributed by atoms with Crippen molar-refractivity contribution in [1.82, 2.24) is 9.78 Å². The van der Waals surface area contributed by atoms with Crippen LogP contribution >= 0.6 is 0 Å². The number of benzene rings is 1. The van der Waals surface area contributed by atoms with E-state index in [-0.39, 0.29) is 17.9 Å². The van der Waals surface area contributed by atoms with Crippen LogP contribution in [0.4, 0.5) is 11.4 Å². The molecule has 138 valence electrons. The minimum absolute atomic E-state index is 0.131. The van der Waals surface area contributed by atoms with E-state index in [0.29, 0.717) is 17.9 Å². The molecule has 1 aromatic carbocycles. The first-order valence-corrected chi connectivity index (χ1v) is 9.29. The molecule has 0 spiro atoms. The molecule has 0 atom stereocenters.